The maximum Gasteiger partial charge on any atom is 0.245 e. The van der Waals surface area contributed by atoms with E-state index in [1.807, 2.05) is 18.3 Å². The molecule has 12 rings (SSSR count). The van der Waals surface area contributed by atoms with Gasteiger partial charge in [0.05, 0.1) is 33.4 Å². The Morgan fingerprint density at radius 1 is 0.478 bits per heavy atom. The molecule has 8 aromatic carbocycles. The van der Waals surface area contributed by atoms with Crippen LogP contribution in [-0.2, 0) is 0 Å². The van der Waals surface area contributed by atoms with Crippen LogP contribution < -0.4 is 37.5 Å². The Bertz CT molecular complexity index is 3710. The van der Waals surface area contributed by atoms with Gasteiger partial charge in [-0.15, -0.1) is 0 Å². The average molecular weight is 863 g/mol. The van der Waals surface area contributed by atoms with Crippen LogP contribution in [0, 0.1) is 41.5 Å². The third-order valence-electron chi connectivity index (χ3n) is 14.3. The van der Waals surface area contributed by atoms with Gasteiger partial charge in [0.2, 0.25) is 13.4 Å². The standard InChI is InChI=1S/C60H48B2N4O/c1-36-18-13-19-37(2)54(36)61-46-27-7-8-28-47(46)62(55-38(3)20-14-21-39(55)4)56-48(61)34-42(60-64-50-30-9-10-31-51(50)66(60)59-40(5)22-15-23-41(59)6)35-53(56)67-52-32-17-25-44-43-24-16-26-45(57(43)65-58(44)52)49-29-11-12-33-63-49/h7-35,65H,1-6H3. The van der Waals surface area contributed by atoms with Crippen molar-refractivity contribution in [2.24, 2.45) is 0 Å². The van der Waals surface area contributed by atoms with Gasteiger partial charge in [0.25, 0.3) is 0 Å². The number of para-hydroxylation sites is 5. The summed E-state index contributed by atoms with van der Waals surface area (Å²) in [6, 6.07) is 61.3. The van der Waals surface area contributed by atoms with E-state index in [-0.39, 0.29) is 13.4 Å². The lowest BCUT2D eigenvalue weighted by Gasteiger charge is -2.36. The summed E-state index contributed by atoms with van der Waals surface area (Å²) in [7, 11) is 0. The average Bonchev–Trinajstić information content (AvgIpc) is 3.92. The quantitative estimate of drug-likeness (QED) is 0.162. The highest BCUT2D eigenvalue weighted by atomic mass is 16.5. The fourth-order valence-electron chi connectivity index (χ4n) is 11.4. The number of hydrogen-bond acceptors (Lipinski definition) is 3. The highest BCUT2D eigenvalue weighted by Gasteiger charge is 2.43. The molecule has 0 atom stereocenters. The van der Waals surface area contributed by atoms with Crippen LogP contribution in [0.4, 0.5) is 0 Å². The third-order valence-corrected chi connectivity index (χ3v) is 14.3. The number of fused-ring (bicyclic) bond motifs is 6. The fraction of sp³-hybridized carbons (Fsp3) is 0.100. The van der Waals surface area contributed by atoms with E-state index >= 15 is 0 Å². The molecule has 0 spiro atoms. The van der Waals surface area contributed by atoms with E-state index in [0.29, 0.717) is 0 Å². The first-order chi connectivity index (χ1) is 32.7. The van der Waals surface area contributed by atoms with Crippen molar-refractivity contribution >= 4 is 79.0 Å². The number of benzene rings is 8. The molecule has 0 unspecified atom stereocenters. The van der Waals surface area contributed by atoms with Crippen LogP contribution in [0.25, 0.3) is 61.2 Å². The predicted molar refractivity (Wildman–Crippen MR) is 283 cm³/mol. The normalized spacial score (nSPS) is 12.3. The summed E-state index contributed by atoms with van der Waals surface area (Å²) in [5, 5.41) is 2.22. The summed E-state index contributed by atoms with van der Waals surface area (Å²) in [6.07, 6.45) is 1.85. The number of aromatic amines is 1. The summed E-state index contributed by atoms with van der Waals surface area (Å²) >= 11 is 0. The molecule has 1 N–H and O–H groups in total. The minimum atomic E-state index is -0.118. The minimum Gasteiger partial charge on any atom is -0.456 e. The van der Waals surface area contributed by atoms with Gasteiger partial charge >= 0.3 is 0 Å². The van der Waals surface area contributed by atoms with E-state index in [2.05, 4.69) is 209 Å². The minimum absolute atomic E-state index is 0.0851. The Labute approximate surface area is 392 Å². The smallest absolute Gasteiger partial charge is 0.245 e. The van der Waals surface area contributed by atoms with Crippen molar-refractivity contribution in [3.05, 3.63) is 209 Å². The summed E-state index contributed by atoms with van der Waals surface area (Å²) in [6.45, 7) is 13.2. The molecule has 4 heterocycles. The zero-order valence-electron chi connectivity index (χ0n) is 38.6. The second-order valence-electron chi connectivity index (χ2n) is 18.4. The molecule has 5 nitrogen and oxygen atoms in total. The first-order valence-electron chi connectivity index (χ1n) is 23.3. The Hall–Kier alpha value is -7.89. The molecule has 0 bridgehead atoms. The van der Waals surface area contributed by atoms with Gasteiger partial charge in [-0.3, -0.25) is 9.55 Å². The molecule has 1 aliphatic heterocycles. The van der Waals surface area contributed by atoms with Crippen LogP contribution >= 0.6 is 0 Å². The van der Waals surface area contributed by atoms with Crippen LogP contribution in [0.3, 0.4) is 0 Å². The number of nitrogens with zero attached hydrogens (tertiary/aromatic N) is 3. The largest absolute Gasteiger partial charge is 0.456 e. The lowest BCUT2D eigenvalue weighted by Crippen LogP contribution is -2.76. The number of aromatic nitrogens is 4. The molecule has 0 saturated heterocycles. The number of rotatable bonds is 7. The van der Waals surface area contributed by atoms with E-state index in [1.165, 1.54) is 66.2 Å². The Morgan fingerprint density at radius 3 is 1.75 bits per heavy atom. The molecule has 0 aliphatic carbocycles. The Balaban J connectivity index is 1.21. The van der Waals surface area contributed by atoms with Crippen molar-refractivity contribution in [1.82, 2.24) is 19.5 Å². The topological polar surface area (TPSA) is 55.7 Å². The zero-order chi connectivity index (χ0) is 45.5. The van der Waals surface area contributed by atoms with E-state index in [4.69, 9.17) is 14.7 Å². The van der Waals surface area contributed by atoms with E-state index in [0.717, 1.165) is 72.7 Å². The van der Waals surface area contributed by atoms with Crippen LogP contribution in [-0.4, -0.2) is 32.9 Å². The van der Waals surface area contributed by atoms with Crippen LogP contribution in [0.15, 0.2) is 176 Å². The molecule has 0 amide bonds. The molecular formula is C60H48B2N4O. The van der Waals surface area contributed by atoms with Crippen molar-refractivity contribution in [2.45, 2.75) is 41.5 Å². The fourth-order valence-corrected chi connectivity index (χ4v) is 11.4. The van der Waals surface area contributed by atoms with Crippen molar-refractivity contribution in [2.75, 3.05) is 0 Å². The number of hydrogen-bond donors (Lipinski definition) is 1. The van der Waals surface area contributed by atoms with Gasteiger partial charge in [-0.1, -0.05) is 183 Å². The van der Waals surface area contributed by atoms with Crippen molar-refractivity contribution in [3.8, 4) is 39.8 Å². The maximum absolute atomic E-state index is 7.70. The second-order valence-corrected chi connectivity index (χ2v) is 18.4. The third kappa shape index (κ3) is 6.47. The number of aryl methyl sites for hydroxylation is 6. The van der Waals surface area contributed by atoms with E-state index in [9.17, 15) is 0 Å². The van der Waals surface area contributed by atoms with Crippen molar-refractivity contribution in [3.63, 3.8) is 0 Å². The Morgan fingerprint density at radius 2 is 1.06 bits per heavy atom. The van der Waals surface area contributed by atoms with E-state index in [1.54, 1.807) is 0 Å². The highest BCUT2D eigenvalue weighted by molar-refractivity contribution is 7.12. The van der Waals surface area contributed by atoms with E-state index < -0.39 is 0 Å². The van der Waals surface area contributed by atoms with Crippen LogP contribution in [0.1, 0.15) is 33.4 Å². The van der Waals surface area contributed by atoms with Gasteiger partial charge < -0.3 is 9.72 Å². The number of imidazole rings is 1. The van der Waals surface area contributed by atoms with Gasteiger partial charge in [-0.05, 0) is 94.5 Å². The summed E-state index contributed by atoms with van der Waals surface area (Å²) in [4.78, 5) is 14.2. The van der Waals surface area contributed by atoms with Gasteiger partial charge in [0.1, 0.15) is 11.6 Å². The highest BCUT2D eigenvalue weighted by Crippen LogP contribution is 2.39. The SMILES string of the molecule is Cc1cccc(C)c1B1c2ccccc2B(c2c(C)cccc2C)c2c(Oc3cccc4c3[nH]c3c(-c5ccccn5)cccc34)cc(-c3nc4ccccc4n3-c3c(C)cccc3C)cc21. The number of pyridine rings is 1. The predicted octanol–water partition coefficient (Wildman–Crippen LogP) is 10.4. The molecular weight excluding hydrogens is 814 g/mol. The maximum atomic E-state index is 7.70. The monoisotopic (exact) mass is 862 g/mol. The molecule has 3 aromatic heterocycles. The first kappa shape index (κ1) is 40.6. The van der Waals surface area contributed by atoms with Crippen molar-refractivity contribution < 1.29 is 4.74 Å². The molecule has 11 aromatic rings. The molecule has 67 heavy (non-hydrogen) atoms. The lowest BCUT2D eigenvalue weighted by atomic mass is 9.20. The van der Waals surface area contributed by atoms with Crippen molar-refractivity contribution in [1.29, 1.82) is 0 Å². The summed E-state index contributed by atoms with van der Waals surface area (Å²) < 4.78 is 10.1. The second kappa shape index (κ2) is 15.9. The molecule has 0 fully saturated rings. The van der Waals surface area contributed by atoms with Gasteiger partial charge in [-0.25, -0.2) is 4.98 Å². The number of nitrogens with one attached hydrogen (secondary N) is 1. The number of ether oxygens (including phenoxy) is 1. The molecule has 7 heteroatoms. The Kier molecular flexibility index (Phi) is 9.65. The number of H-pyrrole nitrogens is 1. The summed E-state index contributed by atoms with van der Waals surface area (Å²) in [5.41, 5.74) is 23.1. The van der Waals surface area contributed by atoms with Gasteiger partial charge in [0, 0.05) is 28.1 Å². The lowest BCUT2D eigenvalue weighted by molar-refractivity contribution is 0.491. The first-order valence-corrected chi connectivity index (χ1v) is 23.3. The van der Waals surface area contributed by atoms with Gasteiger partial charge in [0.15, 0.2) is 5.75 Å². The van der Waals surface area contributed by atoms with Gasteiger partial charge in [-0.2, -0.15) is 0 Å². The molecule has 1 aliphatic rings. The molecule has 320 valence electrons. The molecule has 0 radical (unpaired) electrons. The molecule has 0 saturated carbocycles. The van der Waals surface area contributed by atoms with Crippen LogP contribution in [0.2, 0.25) is 0 Å². The van der Waals surface area contributed by atoms with Crippen LogP contribution in [0.5, 0.6) is 11.5 Å². The zero-order valence-corrected chi connectivity index (χ0v) is 38.6. The summed E-state index contributed by atoms with van der Waals surface area (Å²) in [5.74, 6) is 2.44.